The highest BCUT2D eigenvalue weighted by molar-refractivity contribution is 7.21. The number of nitrogens with zero attached hydrogens (tertiary/aromatic N) is 2. The van der Waals surface area contributed by atoms with Crippen molar-refractivity contribution >= 4 is 56.5 Å². The number of amides is 1. The molecule has 0 N–H and O–H groups in total. The fraction of sp³-hybridized carbons (Fsp3) is 0.312. The van der Waals surface area contributed by atoms with Gasteiger partial charge in [-0.15, -0.1) is 11.3 Å². The van der Waals surface area contributed by atoms with Crippen LogP contribution >= 0.6 is 34.7 Å². The van der Waals surface area contributed by atoms with Crippen molar-refractivity contribution in [1.29, 1.82) is 0 Å². The van der Waals surface area contributed by atoms with Crippen molar-refractivity contribution < 1.29 is 23.1 Å². The number of ether oxygens (including phenoxy) is 1. The van der Waals surface area contributed by atoms with Gasteiger partial charge in [-0.2, -0.15) is 0 Å². The summed E-state index contributed by atoms with van der Waals surface area (Å²) < 4.78 is 36.7. The number of fused-ring (bicyclic) bond motifs is 1. The third-order valence-corrected chi connectivity index (χ3v) is 9.92. The smallest absolute Gasteiger partial charge is 0.266 e. The maximum Gasteiger partial charge on any atom is 0.266 e. The van der Waals surface area contributed by atoms with Gasteiger partial charge < -0.3 is 9.64 Å². The van der Waals surface area contributed by atoms with Gasteiger partial charge in [0.2, 0.25) is 0 Å². The number of hydrogen-bond donors (Lipinski definition) is 0. The van der Waals surface area contributed by atoms with Gasteiger partial charge in [0.05, 0.1) is 22.2 Å². The van der Waals surface area contributed by atoms with Crippen molar-refractivity contribution in [2.75, 3.05) is 14.2 Å². The van der Waals surface area contributed by atoms with Crippen LogP contribution < -0.4 is 4.74 Å². The molecule has 1 heterocycles. The quantitative estimate of drug-likeness (QED) is 0.144. The van der Waals surface area contributed by atoms with Gasteiger partial charge in [-0.3, -0.25) is 9.59 Å². The summed E-state index contributed by atoms with van der Waals surface area (Å²) in [7, 11) is 3.39. The standard InChI is InChI=1S/C32H30Cl2F2N2O3S/c1-18(39)19-5-4-6-20(15-19)21-7-14-27(41-3)22(16-21)17-38(24-10-8-23(9-11-24)37(2)34)32(40)31-29(33)28-25(35)12-13-26(36)30(28)42-31/h4-7,12-16,23-24H,8-11,17H2,1-3H3. The molecule has 0 radical (unpaired) electrons. The first-order chi connectivity index (χ1) is 20.1. The number of carbonyl (C=O) groups is 2. The molecule has 5 rings (SSSR count). The van der Waals surface area contributed by atoms with E-state index in [1.165, 1.54) is 6.92 Å². The first kappa shape index (κ1) is 30.4. The summed E-state index contributed by atoms with van der Waals surface area (Å²) in [6, 6.07) is 15.1. The Bertz CT molecular complexity index is 1650. The van der Waals surface area contributed by atoms with Gasteiger partial charge in [-0.1, -0.05) is 35.9 Å². The molecule has 10 heteroatoms. The lowest BCUT2D eigenvalue weighted by Gasteiger charge is -2.38. The molecule has 1 aliphatic carbocycles. The van der Waals surface area contributed by atoms with Crippen LogP contribution in [0, 0.1) is 11.6 Å². The largest absolute Gasteiger partial charge is 0.496 e. The molecule has 0 spiro atoms. The first-order valence-corrected chi connectivity index (χ1v) is 15.2. The normalized spacial score (nSPS) is 17.0. The van der Waals surface area contributed by atoms with Crippen molar-refractivity contribution in [2.45, 2.75) is 51.2 Å². The highest BCUT2D eigenvalue weighted by Crippen LogP contribution is 2.41. The van der Waals surface area contributed by atoms with Gasteiger partial charge in [-0.25, -0.2) is 13.2 Å². The van der Waals surface area contributed by atoms with E-state index in [4.69, 9.17) is 28.1 Å². The van der Waals surface area contributed by atoms with Gasteiger partial charge in [0.1, 0.15) is 22.3 Å². The van der Waals surface area contributed by atoms with Crippen molar-refractivity contribution in [3.05, 3.63) is 87.3 Å². The Kier molecular flexibility index (Phi) is 9.18. The van der Waals surface area contributed by atoms with Gasteiger partial charge in [0.15, 0.2) is 5.78 Å². The molecule has 1 aliphatic rings. The number of hydrogen-bond acceptors (Lipinski definition) is 5. The molecular formula is C32H30Cl2F2N2O3S. The number of benzene rings is 3. The van der Waals surface area contributed by atoms with Crippen molar-refractivity contribution in [1.82, 2.24) is 9.32 Å². The average molecular weight is 632 g/mol. The van der Waals surface area contributed by atoms with Crippen LogP contribution in [0.1, 0.15) is 58.2 Å². The van der Waals surface area contributed by atoms with Crippen LogP contribution in [-0.2, 0) is 6.54 Å². The third-order valence-electron chi connectivity index (χ3n) is 7.97. The second-order valence-corrected chi connectivity index (χ2v) is 12.5. The average Bonchev–Trinajstić information content (AvgIpc) is 3.35. The number of ketones is 1. The molecule has 5 nitrogen and oxygen atoms in total. The first-order valence-electron chi connectivity index (χ1n) is 13.6. The Morgan fingerprint density at radius 1 is 0.976 bits per heavy atom. The zero-order valence-electron chi connectivity index (χ0n) is 23.4. The molecule has 42 heavy (non-hydrogen) atoms. The summed E-state index contributed by atoms with van der Waals surface area (Å²) in [6.07, 6.45) is 2.96. The minimum Gasteiger partial charge on any atom is -0.496 e. The van der Waals surface area contributed by atoms with E-state index in [-0.39, 0.29) is 44.4 Å². The Labute approximate surface area is 257 Å². The summed E-state index contributed by atoms with van der Waals surface area (Å²) in [5.74, 6) is -1.14. The zero-order chi connectivity index (χ0) is 30.1. The summed E-state index contributed by atoms with van der Waals surface area (Å²) in [4.78, 5) is 28.1. The topological polar surface area (TPSA) is 49.9 Å². The SMILES string of the molecule is COc1ccc(-c2cccc(C(C)=O)c2)cc1CN(C(=O)c1sc2c(F)ccc(F)c2c1Cl)C1CCC(N(C)Cl)CC1. The zero-order valence-corrected chi connectivity index (χ0v) is 25.8. The van der Waals surface area contributed by atoms with E-state index >= 15 is 0 Å². The maximum absolute atomic E-state index is 14.7. The number of Topliss-reactive ketones (excluding diaryl/α,β-unsaturated/α-hetero) is 1. The maximum atomic E-state index is 14.7. The summed E-state index contributed by atoms with van der Waals surface area (Å²) in [6.45, 7) is 1.71. The third kappa shape index (κ3) is 6.04. The van der Waals surface area contributed by atoms with Crippen LogP contribution in [0.4, 0.5) is 8.78 Å². The van der Waals surface area contributed by atoms with Crippen LogP contribution in [0.5, 0.6) is 5.75 Å². The van der Waals surface area contributed by atoms with Crippen LogP contribution in [0.2, 0.25) is 5.02 Å². The molecule has 1 fully saturated rings. The molecule has 0 unspecified atom stereocenters. The summed E-state index contributed by atoms with van der Waals surface area (Å²) in [5, 5.41) is -0.166. The lowest BCUT2D eigenvalue weighted by Crippen LogP contribution is -2.44. The minimum atomic E-state index is -0.675. The van der Waals surface area contributed by atoms with E-state index in [9.17, 15) is 18.4 Å². The van der Waals surface area contributed by atoms with Crippen molar-refractivity contribution in [3.63, 3.8) is 0 Å². The Morgan fingerprint density at radius 2 is 1.64 bits per heavy atom. The molecular weight excluding hydrogens is 601 g/mol. The Balaban J connectivity index is 1.56. The number of carbonyl (C=O) groups excluding carboxylic acids is 2. The highest BCUT2D eigenvalue weighted by Gasteiger charge is 2.34. The Hall–Kier alpha value is -3.04. The molecule has 1 amide bonds. The van der Waals surface area contributed by atoms with Crippen molar-refractivity contribution in [2.24, 2.45) is 0 Å². The van der Waals surface area contributed by atoms with E-state index in [2.05, 4.69) is 0 Å². The Morgan fingerprint density at radius 3 is 2.29 bits per heavy atom. The summed E-state index contributed by atoms with van der Waals surface area (Å²) in [5.41, 5.74) is 3.07. The van der Waals surface area contributed by atoms with Crippen molar-refractivity contribution in [3.8, 4) is 16.9 Å². The summed E-state index contributed by atoms with van der Waals surface area (Å²) >= 11 is 13.7. The van der Waals surface area contributed by atoms with E-state index in [1.807, 2.05) is 43.4 Å². The fourth-order valence-corrected chi connectivity index (χ4v) is 7.34. The molecule has 1 saturated carbocycles. The van der Waals surface area contributed by atoms with Crippen LogP contribution in [0.25, 0.3) is 21.2 Å². The van der Waals surface area contributed by atoms with Crippen LogP contribution in [0.3, 0.4) is 0 Å². The fourth-order valence-electron chi connectivity index (χ4n) is 5.64. The van der Waals surface area contributed by atoms with E-state index in [1.54, 1.807) is 22.5 Å². The second-order valence-electron chi connectivity index (χ2n) is 10.6. The van der Waals surface area contributed by atoms with Gasteiger partial charge in [0.25, 0.3) is 5.91 Å². The number of thiophene rings is 1. The molecule has 3 aromatic carbocycles. The minimum absolute atomic E-state index is 0.0145. The van der Waals surface area contributed by atoms with Crippen LogP contribution in [0.15, 0.2) is 54.6 Å². The molecule has 1 aromatic heterocycles. The molecule has 0 aliphatic heterocycles. The molecule has 220 valence electrons. The van der Waals surface area contributed by atoms with E-state index in [0.29, 0.717) is 24.2 Å². The number of methoxy groups -OCH3 is 1. The van der Waals surface area contributed by atoms with Gasteiger partial charge >= 0.3 is 0 Å². The predicted octanol–water partition coefficient (Wildman–Crippen LogP) is 8.75. The molecule has 0 bridgehead atoms. The lowest BCUT2D eigenvalue weighted by molar-refractivity contribution is 0.0589. The lowest BCUT2D eigenvalue weighted by atomic mass is 9.89. The molecule has 0 saturated heterocycles. The van der Waals surface area contributed by atoms with E-state index in [0.717, 1.165) is 53.0 Å². The highest BCUT2D eigenvalue weighted by atomic mass is 35.5. The number of rotatable bonds is 8. The number of halogens is 4. The molecule has 4 aromatic rings. The van der Waals surface area contributed by atoms with E-state index < -0.39 is 17.5 Å². The van der Waals surface area contributed by atoms with Gasteiger partial charge in [-0.05, 0) is 85.8 Å². The predicted molar refractivity (Wildman–Crippen MR) is 165 cm³/mol. The van der Waals surface area contributed by atoms with Gasteiger partial charge in [0, 0.05) is 36.8 Å². The van der Waals surface area contributed by atoms with Crippen LogP contribution in [-0.4, -0.2) is 47.3 Å². The second kappa shape index (κ2) is 12.7. The monoisotopic (exact) mass is 630 g/mol. The molecule has 0 atom stereocenters.